The summed E-state index contributed by atoms with van der Waals surface area (Å²) in [5.74, 6) is 6.43. The first-order chi connectivity index (χ1) is 11.5. The summed E-state index contributed by atoms with van der Waals surface area (Å²) in [4.78, 5) is 4.53. The summed E-state index contributed by atoms with van der Waals surface area (Å²) in [6, 6.07) is 2.78. The Hall–Kier alpha value is -1.37. The normalized spacial score (nSPS) is 26.0. The van der Waals surface area contributed by atoms with Crippen LogP contribution in [0.5, 0.6) is 0 Å². The van der Waals surface area contributed by atoms with Crippen LogP contribution in [0.1, 0.15) is 37.3 Å². The van der Waals surface area contributed by atoms with Crippen molar-refractivity contribution in [2.75, 3.05) is 29.6 Å². The Kier molecular flexibility index (Phi) is 3.94. The summed E-state index contributed by atoms with van der Waals surface area (Å²) in [7, 11) is 0. The number of nitrogens with zero attached hydrogens (tertiary/aromatic N) is 3. The topological polar surface area (TPSA) is 61.8 Å². The lowest BCUT2D eigenvalue weighted by atomic mass is 10.0. The Labute approximate surface area is 143 Å². The van der Waals surface area contributed by atoms with Gasteiger partial charge in [0.15, 0.2) is 0 Å². The van der Waals surface area contributed by atoms with Crippen LogP contribution in [0.15, 0.2) is 6.07 Å². The fourth-order valence-electron chi connectivity index (χ4n) is 4.14. The summed E-state index contributed by atoms with van der Waals surface area (Å²) in [5.41, 5.74) is 9.76. The van der Waals surface area contributed by atoms with Gasteiger partial charge >= 0.3 is 0 Å². The molecule has 0 amide bonds. The molecule has 0 radical (unpaired) electrons. The third-order valence-electron chi connectivity index (χ3n) is 5.89. The number of fused-ring (bicyclic) bond motifs is 1. The molecule has 4 rings (SSSR count). The Bertz CT molecular complexity index is 643. The van der Waals surface area contributed by atoms with Crippen molar-refractivity contribution in [3.8, 4) is 0 Å². The van der Waals surface area contributed by atoms with E-state index in [-0.39, 0.29) is 11.9 Å². The van der Waals surface area contributed by atoms with E-state index in [0.29, 0.717) is 18.5 Å². The minimum atomic E-state index is -0.0925. The fraction of sp³-hybridized carbons (Fsp3) is 0.667. The number of hydrogen-bond acceptors (Lipinski definition) is 5. The Morgan fingerprint density at radius 2 is 2.00 bits per heavy atom. The van der Waals surface area contributed by atoms with Gasteiger partial charge in [-0.05, 0) is 56.2 Å². The van der Waals surface area contributed by atoms with E-state index < -0.39 is 0 Å². The van der Waals surface area contributed by atoms with Crippen LogP contribution >= 0.6 is 0 Å². The quantitative estimate of drug-likeness (QED) is 0.828. The van der Waals surface area contributed by atoms with Crippen molar-refractivity contribution < 1.29 is 4.39 Å². The second-order valence-electron chi connectivity index (χ2n) is 7.78. The van der Waals surface area contributed by atoms with E-state index in [0.717, 1.165) is 43.0 Å². The van der Waals surface area contributed by atoms with Crippen LogP contribution in [0.4, 0.5) is 15.8 Å². The molecule has 0 bridgehead atoms. The minimum Gasteiger partial charge on any atom is -0.369 e. The standard InChI is InChI=1S/C18H28FN5/c1-11-15-9-23(21)10-24(14-3-4-14)16(15)7-17(18(11)19)22-6-5-13(8-22)12(2)20/h7,12-14H,3-6,8-10,20-21H2,1-2H3/t12-,13+/m1/s1. The molecule has 2 heterocycles. The van der Waals surface area contributed by atoms with E-state index in [1.807, 2.05) is 13.8 Å². The highest BCUT2D eigenvalue weighted by atomic mass is 19.1. The lowest BCUT2D eigenvalue weighted by molar-refractivity contribution is 0.257. The van der Waals surface area contributed by atoms with Crippen molar-refractivity contribution >= 4 is 11.4 Å². The van der Waals surface area contributed by atoms with Gasteiger partial charge in [-0.15, -0.1) is 0 Å². The number of halogens is 1. The third-order valence-corrected chi connectivity index (χ3v) is 5.89. The molecule has 24 heavy (non-hydrogen) atoms. The van der Waals surface area contributed by atoms with Crippen LogP contribution in [-0.2, 0) is 6.54 Å². The molecule has 2 aliphatic heterocycles. The maximum absolute atomic E-state index is 15.1. The molecule has 0 unspecified atom stereocenters. The Morgan fingerprint density at radius 3 is 2.62 bits per heavy atom. The third kappa shape index (κ3) is 2.66. The molecule has 132 valence electrons. The Balaban J connectivity index is 1.72. The SMILES string of the molecule is Cc1c(F)c(N2CC[C@H]([C@@H](C)N)C2)cc2c1CN(N)CN2C1CC1. The van der Waals surface area contributed by atoms with Gasteiger partial charge in [0.1, 0.15) is 5.82 Å². The van der Waals surface area contributed by atoms with Gasteiger partial charge in [0.05, 0.1) is 12.4 Å². The molecule has 1 aliphatic carbocycles. The van der Waals surface area contributed by atoms with Crippen LogP contribution in [0.3, 0.4) is 0 Å². The highest BCUT2D eigenvalue weighted by Crippen LogP contribution is 2.42. The van der Waals surface area contributed by atoms with Gasteiger partial charge in [-0.25, -0.2) is 9.40 Å². The molecule has 5 nitrogen and oxygen atoms in total. The van der Waals surface area contributed by atoms with Gasteiger partial charge in [0.25, 0.3) is 0 Å². The number of rotatable bonds is 3. The zero-order valence-electron chi connectivity index (χ0n) is 14.6. The van der Waals surface area contributed by atoms with Crippen molar-refractivity contribution in [1.82, 2.24) is 5.01 Å². The van der Waals surface area contributed by atoms with Gasteiger partial charge in [0, 0.05) is 37.4 Å². The minimum absolute atomic E-state index is 0.0925. The lowest BCUT2D eigenvalue weighted by Crippen LogP contribution is -2.47. The summed E-state index contributed by atoms with van der Waals surface area (Å²) in [6.07, 6.45) is 3.45. The molecule has 3 aliphatic rings. The zero-order chi connectivity index (χ0) is 17.0. The number of nitrogens with two attached hydrogens (primary N) is 2. The first-order valence-corrected chi connectivity index (χ1v) is 9.04. The van der Waals surface area contributed by atoms with Crippen molar-refractivity contribution in [2.24, 2.45) is 17.5 Å². The molecule has 1 saturated heterocycles. The van der Waals surface area contributed by atoms with Gasteiger partial charge in [-0.2, -0.15) is 0 Å². The maximum Gasteiger partial charge on any atom is 0.149 e. The molecular formula is C18H28FN5. The molecule has 6 heteroatoms. The van der Waals surface area contributed by atoms with Gasteiger partial charge < -0.3 is 15.5 Å². The molecule has 4 N–H and O–H groups in total. The molecule has 0 aromatic heterocycles. The zero-order valence-corrected chi connectivity index (χ0v) is 14.6. The molecule has 2 atom stereocenters. The average molecular weight is 333 g/mol. The molecule has 0 spiro atoms. The summed E-state index contributed by atoms with van der Waals surface area (Å²) < 4.78 is 15.1. The average Bonchev–Trinajstić information content (AvgIpc) is 3.27. The number of anilines is 2. The summed E-state index contributed by atoms with van der Waals surface area (Å²) in [5, 5.41) is 1.79. The largest absolute Gasteiger partial charge is 0.369 e. The number of hydrogen-bond donors (Lipinski definition) is 2. The molecule has 1 saturated carbocycles. The van der Waals surface area contributed by atoms with Crippen LogP contribution in [0.25, 0.3) is 0 Å². The van der Waals surface area contributed by atoms with Gasteiger partial charge in [-0.1, -0.05) is 0 Å². The van der Waals surface area contributed by atoms with Gasteiger partial charge in [-0.3, -0.25) is 5.84 Å². The van der Waals surface area contributed by atoms with Crippen LogP contribution in [-0.4, -0.2) is 36.9 Å². The molecule has 1 aromatic carbocycles. The van der Waals surface area contributed by atoms with Crippen molar-refractivity contribution in [3.63, 3.8) is 0 Å². The summed E-state index contributed by atoms with van der Waals surface area (Å²) >= 11 is 0. The van der Waals surface area contributed by atoms with E-state index in [1.165, 1.54) is 18.5 Å². The predicted octanol–water partition coefficient (Wildman–Crippen LogP) is 1.92. The second kappa shape index (κ2) is 5.86. The Morgan fingerprint density at radius 1 is 1.25 bits per heavy atom. The number of hydrazine groups is 1. The van der Waals surface area contributed by atoms with E-state index in [2.05, 4.69) is 15.9 Å². The van der Waals surface area contributed by atoms with Crippen molar-refractivity contribution in [1.29, 1.82) is 0 Å². The highest BCUT2D eigenvalue weighted by Gasteiger charge is 2.36. The highest BCUT2D eigenvalue weighted by molar-refractivity contribution is 5.69. The van der Waals surface area contributed by atoms with Crippen LogP contribution < -0.4 is 21.4 Å². The van der Waals surface area contributed by atoms with Crippen molar-refractivity contribution in [3.05, 3.63) is 23.0 Å². The van der Waals surface area contributed by atoms with E-state index in [4.69, 9.17) is 11.6 Å². The van der Waals surface area contributed by atoms with Crippen LogP contribution in [0.2, 0.25) is 0 Å². The first-order valence-electron chi connectivity index (χ1n) is 9.04. The van der Waals surface area contributed by atoms with E-state index >= 15 is 4.39 Å². The molecule has 1 aromatic rings. The van der Waals surface area contributed by atoms with E-state index in [9.17, 15) is 0 Å². The van der Waals surface area contributed by atoms with Crippen LogP contribution in [0, 0.1) is 18.7 Å². The fourth-order valence-corrected chi connectivity index (χ4v) is 4.14. The molecule has 2 fully saturated rings. The van der Waals surface area contributed by atoms with Gasteiger partial charge in [0.2, 0.25) is 0 Å². The predicted molar refractivity (Wildman–Crippen MR) is 95.2 cm³/mol. The molecular weight excluding hydrogens is 305 g/mol. The summed E-state index contributed by atoms with van der Waals surface area (Å²) in [6.45, 7) is 7.01. The van der Waals surface area contributed by atoms with Crippen molar-refractivity contribution in [2.45, 2.75) is 51.7 Å². The monoisotopic (exact) mass is 333 g/mol. The number of benzene rings is 1. The lowest BCUT2D eigenvalue weighted by Gasteiger charge is -2.38. The smallest absolute Gasteiger partial charge is 0.149 e. The first kappa shape index (κ1) is 16.1. The second-order valence-corrected chi connectivity index (χ2v) is 7.78. The maximum atomic E-state index is 15.1. The van der Waals surface area contributed by atoms with E-state index in [1.54, 1.807) is 5.01 Å².